The molecular formula is C14H25N3O2. The molecule has 108 valence electrons. The second-order valence-corrected chi connectivity index (χ2v) is 6.72. The molecule has 5 nitrogen and oxygen atoms in total. The lowest BCUT2D eigenvalue weighted by Gasteiger charge is -2.33. The molecule has 19 heavy (non-hydrogen) atoms. The number of amides is 3. The van der Waals surface area contributed by atoms with Crippen LogP contribution in [0.3, 0.4) is 0 Å². The van der Waals surface area contributed by atoms with Crippen molar-refractivity contribution in [1.29, 1.82) is 0 Å². The Kier molecular flexibility index (Phi) is 4.02. The van der Waals surface area contributed by atoms with Crippen LogP contribution in [0.5, 0.6) is 0 Å². The van der Waals surface area contributed by atoms with Crippen LogP contribution < -0.4 is 10.6 Å². The molecule has 0 aromatic carbocycles. The maximum Gasteiger partial charge on any atom is 0.317 e. The van der Waals surface area contributed by atoms with E-state index in [1.165, 1.54) is 0 Å². The number of likely N-dealkylation sites (tertiary alicyclic amines) is 1. The number of nitrogens with one attached hydrogen (secondary N) is 2. The summed E-state index contributed by atoms with van der Waals surface area (Å²) in [6.07, 6.45) is 3.74. The Balaban J connectivity index is 1.75. The van der Waals surface area contributed by atoms with Crippen molar-refractivity contribution in [2.24, 2.45) is 5.92 Å². The predicted octanol–water partition coefficient (Wildman–Crippen LogP) is 1.49. The molecule has 2 N–H and O–H groups in total. The maximum atomic E-state index is 12.0. The van der Waals surface area contributed by atoms with Gasteiger partial charge in [-0.2, -0.15) is 0 Å². The largest absolute Gasteiger partial charge is 0.351 e. The fraction of sp³-hybridized carbons (Fsp3) is 0.857. The van der Waals surface area contributed by atoms with Crippen molar-refractivity contribution in [2.75, 3.05) is 13.1 Å². The quantitative estimate of drug-likeness (QED) is 0.796. The van der Waals surface area contributed by atoms with E-state index >= 15 is 0 Å². The SMILES string of the molecule is CC(C)(C)NC(=O)C1CCN(C(=O)NC2CC2)CC1. The molecule has 0 unspecified atom stereocenters. The average molecular weight is 267 g/mol. The van der Waals surface area contributed by atoms with Gasteiger partial charge >= 0.3 is 6.03 Å². The van der Waals surface area contributed by atoms with E-state index < -0.39 is 0 Å². The molecule has 0 atom stereocenters. The number of rotatable bonds is 2. The van der Waals surface area contributed by atoms with Crippen molar-refractivity contribution >= 4 is 11.9 Å². The maximum absolute atomic E-state index is 12.0. The minimum absolute atomic E-state index is 0.0391. The van der Waals surface area contributed by atoms with Crippen LogP contribution in [0.15, 0.2) is 0 Å². The molecule has 1 saturated heterocycles. The first-order chi connectivity index (χ1) is 8.85. The van der Waals surface area contributed by atoms with E-state index in [-0.39, 0.29) is 23.4 Å². The topological polar surface area (TPSA) is 61.4 Å². The summed E-state index contributed by atoms with van der Waals surface area (Å²) in [7, 11) is 0. The van der Waals surface area contributed by atoms with E-state index in [2.05, 4.69) is 10.6 Å². The lowest BCUT2D eigenvalue weighted by Crippen LogP contribution is -2.49. The van der Waals surface area contributed by atoms with E-state index in [4.69, 9.17) is 0 Å². The van der Waals surface area contributed by atoms with Gasteiger partial charge in [-0.3, -0.25) is 4.79 Å². The first-order valence-electron chi connectivity index (χ1n) is 7.22. The van der Waals surface area contributed by atoms with Crippen molar-refractivity contribution in [3.63, 3.8) is 0 Å². The van der Waals surface area contributed by atoms with Crippen molar-refractivity contribution in [3.05, 3.63) is 0 Å². The molecule has 2 fully saturated rings. The first-order valence-corrected chi connectivity index (χ1v) is 7.22. The fourth-order valence-corrected chi connectivity index (χ4v) is 2.31. The lowest BCUT2D eigenvalue weighted by atomic mass is 9.94. The van der Waals surface area contributed by atoms with Gasteiger partial charge in [0.15, 0.2) is 0 Å². The van der Waals surface area contributed by atoms with Crippen LogP contribution in [0.4, 0.5) is 4.79 Å². The molecule has 3 amide bonds. The van der Waals surface area contributed by atoms with E-state index in [0.717, 1.165) is 25.7 Å². The number of hydrogen-bond donors (Lipinski definition) is 2. The molecule has 2 rings (SSSR count). The Morgan fingerprint density at radius 2 is 1.63 bits per heavy atom. The summed E-state index contributed by atoms with van der Waals surface area (Å²) in [5, 5.41) is 6.01. The second kappa shape index (κ2) is 5.39. The van der Waals surface area contributed by atoms with Crippen LogP contribution in [-0.4, -0.2) is 41.5 Å². The molecule has 5 heteroatoms. The van der Waals surface area contributed by atoms with Gasteiger partial charge in [0, 0.05) is 30.6 Å². The average Bonchev–Trinajstić information content (AvgIpc) is 3.11. The Labute approximate surface area is 115 Å². The molecule has 1 saturated carbocycles. The highest BCUT2D eigenvalue weighted by molar-refractivity contribution is 5.80. The summed E-state index contributed by atoms with van der Waals surface area (Å²) in [6.45, 7) is 7.33. The highest BCUT2D eigenvalue weighted by atomic mass is 16.2. The predicted molar refractivity (Wildman–Crippen MR) is 73.7 cm³/mol. The fourth-order valence-electron chi connectivity index (χ4n) is 2.31. The number of nitrogens with zero attached hydrogens (tertiary/aromatic N) is 1. The van der Waals surface area contributed by atoms with Crippen molar-refractivity contribution < 1.29 is 9.59 Å². The molecule has 0 aromatic rings. The lowest BCUT2D eigenvalue weighted by molar-refractivity contribution is -0.127. The molecule has 1 aliphatic heterocycles. The van der Waals surface area contributed by atoms with E-state index in [0.29, 0.717) is 19.1 Å². The molecule has 0 aromatic heterocycles. The van der Waals surface area contributed by atoms with Crippen LogP contribution in [0.2, 0.25) is 0 Å². The van der Waals surface area contributed by atoms with E-state index in [1.807, 2.05) is 25.7 Å². The Bertz CT molecular complexity index is 350. The van der Waals surface area contributed by atoms with Crippen molar-refractivity contribution in [2.45, 2.75) is 58.0 Å². The van der Waals surface area contributed by atoms with Gasteiger partial charge < -0.3 is 15.5 Å². The molecule has 1 heterocycles. The van der Waals surface area contributed by atoms with Crippen LogP contribution in [0.25, 0.3) is 0 Å². The van der Waals surface area contributed by atoms with Gasteiger partial charge in [-0.1, -0.05) is 0 Å². The third kappa shape index (κ3) is 4.40. The highest BCUT2D eigenvalue weighted by Crippen LogP contribution is 2.21. The summed E-state index contributed by atoms with van der Waals surface area (Å²) in [6, 6.07) is 0.437. The zero-order valence-electron chi connectivity index (χ0n) is 12.2. The molecule has 0 radical (unpaired) electrons. The first kappa shape index (κ1) is 14.2. The molecule has 2 aliphatic rings. The summed E-state index contributed by atoms with van der Waals surface area (Å²) in [5.41, 5.74) is -0.183. The Hall–Kier alpha value is -1.26. The van der Waals surface area contributed by atoms with Crippen LogP contribution in [0, 0.1) is 5.92 Å². The minimum atomic E-state index is -0.183. The van der Waals surface area contributed by atoms with Crippen molar-refractivity contribution in [3.8, 4) is 0 Å². The number of carbonyl (C=O) groups excluding carboxylic acids is 2. The number of urea groups is 1. The molecule has 0 spiro atoms. The summed E-state index contributed by atoms with van der Waals surface area (Å²) in [4.78, 5) is 25.7. The van der Waals surface area contributed by atoms with Gasteiger partial charge in [-0.25, -0.2) is 4.79 Å². The van der Waals surface area contributed by atoms with Gasteiger partial charge in [0.2, 0.25) is 5.91 Å². The third-order valence-corrected chi connectivity index (χ3v) is 3.56. The monoisotopic (exact) mass is 267 g/mol. The number of piperidine rings is 1. The van der Waals surface area contributed by atoms with Crippen molar-refractivity contribution in [1.82, 2.24) is 15.5 Å². The second-order valence-electron chi connectivity index (χ2n) is 6.72. The Morgan fingerprint density at radius 1 is 1.05 bits per heavy atom. The summed E-state index contributed by atoms with van der Waals surface area (Å²) >= 11 is 0. The summed E-state index contributed by atoms with van der Waals surface area (Å²) < 4.78 is 0. The number of hydrogen-bond acceptors (Lipinski definition) is 2. The smallest absolute Gasteiger partial charge is 0.317 e. The van der Waals surface area contributed by atoms with Crippen LogP contribution in [0.1, 0.15) is 46.5 Å². The van der Waals surface area contributed by atoms with Gasteiger partial charge in [-0.05, 0) is 46.5 Å². The minimum Gasteiger partial charge on any atom is -0.351 e. The standard InChI is InChI=1S/C14H25N3O2/c1-14(2,3)16-12(18)10-6-8-17(9-7-10)13(19)15-11-4-5-11/h10-11H,4-9H2,1-3H3,(H,15,19)(H,16,18). The van der Waals surface area contributed by atoms with E-state index in [1.54, 1.807) is 0 Å². The van der Waals surface area contributed by atoms with Gasteiger partial charge in [-0.15, -0.1) is 0 Å². The van der Waals surface area contributed by atoms with Crippen LogP contribution in [-0.2, 0) is 4.79 Å². The summed E-state index contributed by atoms with van der Waals surface area (Å²) in [5.74, 6) is 0.166. The molecule has 1 aliphatic carbocycles. The Morgan fingerprint density at radius 3 is 2.11 bits per heavy atom. The number of carbonyl (C=O) groups is 2. The zero-order chi connectivity index (χ0) is 14.0. The van der Waals surface area contributed by atoms with Crippen LogP contribution >= 0.6 is 0 Å². The van der Waals surface area contributed by atoms with Gasteiger partial charge in [0.25, 0.3) is 0 Å². The normalized spacial score (nSPS) is 21.1. The van der Waals surface area contributed by atoms with Gasteiger partial charge in [0.1, 0.15) is 0 Å². The molecule has 0 bridgehead atoms. The molecular weight excluding hydrogens is 242 g/mol. The van der Waals surface area contributed by atoms with E-state index in [9.17, 15) is 9.59 Å². The third-order valence-electron chi connectivity index (χ3n) is 3.56. The highest BCUT2D eigenvalue weighted by Gasteiger charge is 2.31. The van der Waals surface area contributed by atoms with Gasteiger partial charge in [0.05, 0.1) is 0 Å². The zero-order valence-corrected chi connectivity index (χ0v) is 12.2.